The van der Waals surface area contributed by atoms with E-state index >= 15 is 0 Å². The molecule has 0 aliphatic carbocycles. The van der Waals surface area contributed by atoms with Crippen LogP contribution >= 0.6 is 0 Å². The van der Waals surface area contributed by atoms with Gasteiger partial charge in [0, 0.05) is 13.7 Å². The summed E-state index contributed by atoms with van der Waals surface area (Å²) in [6.45, 7) is 1.41. The van der Waals surface area contributed by atoms with Gasteiger partial charge in [-0.3, -0.25) is 4.79 Å². The maximum Gasteiger partial charge on any atom is 0.416 e. The lowest BCUT2D eigenvalue weighted by Crippen LogP contribution is -2.44. The van der Waals surface area contributed by atoms with Crippen LogP contribution < -0.4 is 0 Å². The summed E-state index contributed by atoms with van der Waals surface area (Å²) in [7, 11) is 1.25. The highest BCUT2D eigenvalue weighted by molar-refractivity contribution is 5.79. The number of alkyl halides is 3. The van der Waals surface area contributed by atoms with Gasteiger partial charge >= 0.3 is 6.18 Å². The lowest BCUT2D eigenvalue weighted by molar-refractivity contribution is -0.207. The number of halogens is 3. The molecule has 1 heterocycles. The average Bonchev–Trinajstić information content (AvgIpc) is 2.61. The van der Waals surface area contributed by atoms with E-state index in [2.05, 4.69) is 0 Å². The van der Waals surface area contributed by atoms with Crippen LogP contribution in [0.1, 0.15) is 13.3 Å². The predicted octanol–water partition coefficient (Wildman–Crippen LogP) is 0.793. The van der Waals surface area contributed by atoms with Crippen LogP contribution in [0, 0.1) is 5.92 Å². The molecule has 0 aromatic carbocycles. The highest BCUT2D eigenvalue weighted by Gasteiger charge is 2.41. The first-order valence-corrected chi connectivity index (χ1v) is 5.35. The van der Waals surface area contributed by atoms with E-state index in [1.165, 1.54) is 7.05 Å². The van der Waals surface area contributed by atoms with Crippen LogP contribution in [0.15, 0.2) is 0 Å². The molecule has 0 aromatic heterocycles. The highest BCUT2D eigenvalue weighted by atomic mass is 19.4. The molecule has 0 unspecified atom stereocenters. The van der Waals surface area contributed by atoms with Crippen molar-refractivity contribution in [2.24, 2.45) is 5.92 Å². The molecule has 1 fully saturated rings. The van der Waals surface area contributed by atoms with Crippen LogP contribution in [-0.2, 0) is 9.53 Å². The Hall–Kier alpha value is -0.820. The van der Waals surface area contributed by atoms with Crippen molar-refractivity contribution >= 4 is 5.91 Å². The van der Waals surface area contributed by atoms with Gasteiger partial charge in [0.05, 0.1) is 18.6 Å². The SMILES string of the molecule is C[C@@H]1OCC[C@H]1C(=O)N(C)C[C@H](O)C(F)(F)F. The molecule has 4 nitrogen and oxygen atoms in total. The van der Waals surface area contributed by atoms with Crippen LogP contribution in [0.2, 0.25) is 0 Å². The normalized spacial score (nSPS) is 26.9. The maximum absolute atomic E-state index is 12.1. The fraction of sp³-hybridized carbons (Fsp3) is 0.900. The number of likely N-dealkylation sites (N-methyl/N-ethyl adjacent to an activating group) is 1. The van der Waals surface area contributed by atoms with Gasteiger partial charge in [-0.15, -0.1) is 0 Å². The highest BCUT2D eigenvalue weighted by Crippen LogP contribution is 2.24. The monoisotopic (exact) mass is 255 g/mol. The average molecular weight is 255 g/mol. The van der Waals surface area contributed by atoms with Crippen molar-refractivity contribution in [1.29, 1.82) is 0 Å². The number of amides is 1. The van der Waals surface area contributed by atoms with Gasteiger partial charge in [-0.2, -0.15) is 13.2 Å². The van der Waals surface area contributed by atoms with Crippen LogP contribution in [0.3, 0.4) is 0 Å². The number of aliphatic hydroxyl groups excluding tert-OH is 1. The molecule has 1 saturated heterocycles. The third-order valence-electron chi connectivity index (χ3n) is 2.89. The van der Waals surface area contributed by atoms with Crippen molar-refractivity contribution < 1.29 is 27.8 Å². The van der Waals surface area contributed by atoms with E-state index in [1.807, 2.05) is 0 Å². The van der Waals surface area contributed by atoms with Crippen LogP contribution in [0.25, 0.3) is 0 Å². The van der Waals surface area contributed by atoms with Gasteiger partial charge in [0.25, 0.3) is 0 Å². The second-order valence-electron chi connectivity index (χ2n) is 4.25. The van der Waals surface area contributed by atoms with Crippen molar-refractivity contribution in [3.8, 4) is 0 Å². The van der Waals surface area contributed by atoms with Crippen LogP contribution in [0.4, 0.5) is 13.2 Å². The quantitative estimate of drug-likeness (QED) is 0.811. The number of aliphatic hydroxyl groups is 1. The summed E-state index contributed by atoms with van der Waals surface area (Å²) in [6.07, 6.45) is -6.99. The summed E-state index contributed by atoms with van der Waals surface area (Å²) >= 11 is 0. The lowest BCUT2D eigenvalue weighted by Gasteiger charge is -2.25. The number of carbonyl (C=O) groups excluding carboxylic acids is 1. The van der Waals surface area contributed by atoms with Gasteiger partial charge in [-0.25, -0.2) is 0 Å². The molecule has 7 heteroatoms. The van der Waals surface area contributed by atoms with Gasteiger partial charge in [0.2, 0.25) is 5.91 Å². The van der Waals surface area contributed by atoms with Crippen LogP contribution in [-0.4, -0.2) is 54.5 Å². The Morgan fingerprint density at radius 1 is 1.59 bits per heavy atom. The second kappa shape index (κ2) is 5.22. The van der Waals surface area contributed by atoms with Crippen molar-refractivity contribution in [3.05, 3.63) is 0 Å². The summed E-state index contributed by atoms with van der Waals surface area (Å²) in [6, 6.07) is 0. The zero-order valence-corrected chi connectivity index (χ0v) is 9.70. The maximum atomic E-state index is 12.1. The largest absolute Gasteiger partial charge is 0.416 e. The molecular formula is C10H16F3NO3. The Bertz CT molecular complexity index is 282. The summed E-state index contributed by atoms with van der Waals surface area (Å²) in [5, 5.41) is 8.86. The molecule has 3 atom stereocenters. The van der Waals surface area contributed by atoms with E-state index in [-0.39, 0.29) is 6.10 Å². The minimum absolute atomic E-state index is 0.284. The summed E-state index contributed by atoms with van der Waals surface area (Å²) in [4.78, 5) is 12.7. The molecule has 1 aliphatic rings. The topological polar surface area (TPSA) is 49.8 Å². The Kier molecular flexibility index (Phi) is 4.37. The van der Waals surface area contributed by atoms with Gasteiger partial charge in [-0.05, 0) is 13.3 Å². The predicted molar refractivity (Wildman–Crippen MR) is 53.2 cm³/mol. The minimum atomic E-state index is -4.70. The second-order valence-corrected chi connectivity index (χ2v) is 4.25. The molecule has 0 bridgehead atoms. The van der Waals surface area contributed by atoms with Gasteiger partial charge in [0.15, 0.2) is 6.10 Å². The molecule has 0 spiro atoms. The smallest absolute Gasteiger partial charge is 0.382 e. The molecule has 1 N–H and O–H groups in total. The molecule has 1 amide bonds. The van der Waals surface area contributed by atoms with Gasteiger partial charge in [-0.1, -0.05) is 0 Å². The van der Waals surface area contributed by atoms with Crippen molar-refractivity contribution in [1.82, 2.24) is 4.90 Å². The Morgan fingerprint density at radius 3 is 2.59 bits per heavy atom. The summed E-state index contributed by atoms with van der Waals surface area (Å²) < 4.78 is 41.5. The van der Waals surface area contributed by atoms with E-state index in [0.29, 0.717) is 13.0 Å². The van der Waals surface area contributed by atoms with E-state index in [0.717, 1.165) is 4.90 Å². The zero-order valence-electron chi connectivity index (χ0n) is 9.70. The number of rotatable bonds is 3. The molecule has 0 radical (unpaired) electrons. The molecule has 1 aliphatic heterocycles. The van der Waals surface area contributed by atoms with Crippen molar-refractivity contribution in [2.45, 2.75) is 31.7 Å². The zero-order chi connectivity index (χ0) is 13.2. The lowest BCUT2D eigenvalue weighted by atomic mass is 10.0. The number of ether oxygens (including phenoxy) is 1. The minimum Gasteiger partial charge on any atom is -0.382 e. The van der Waals surface area contributed by atoms with E-state index in [1.54, 1.807) is 6.92 Å². The van der Waals surface area contributed by atoms with Crippen LogP contribution in [0.5, 0.6) is 0 Å². The standard InChI is InChI=1S/C10H16F3NO3/c1-6-7(3-4-17-6)9(16)14(2)5-8(15)10(11,12)13/h6-8,15H,3-5H2,1-2H3/t6-,7+,8-/m0/s1. The molecule has 0 aromatic rings. The third kappa shape index (κ3) is 3.57. The van der Waals surface area contributed by atoms with E-state index in [4.69, 9.17) is 9.84 Å². The molecule has 0 saturated carbocycles. The fourth-order valence-corrected chi connectivity index (χ4v) is 1.79. The third-order valence-corrected chi connectivity index (χ3v) is 2.89. The number of hydrogen-bond acceptors (Lipinski definition) is 3. The van der Waals surface area contributed by atoms with Gasteiger partial charge in [0.1, 0.15) is 0 Å². The Labute approximate surface area is 97.3 Å². The van der Waals surface area contributed by atoms with Crippen molar-refractivity contribution in [2.75, 3.05) is 20.2 Å². The molecule has 100 valence electrons. The Morgan fingerprint density at radius 2 is 2.18 bits per heavy atom. The fourth-order valence-electron chi connectivity index (χ4n) is 1.79. The number of nitrogens with zero attached hydrogens (tertiary/aromatic N) is 1. The molecule has 1 rings (SSSR count). The van der Waals surface area contributed by atoms with Crippen molar-refractivity contribution in [3.63, 3.8) is 0 Å². The summed E-state index contributed by atoms with van der Waals surface area (Å²) in [5.74, 6) is -0.835. The number of hydrogen-bond donors (Lipinski definition) is 1. The Balaban J connectivity index is 2.52. The van der Waals surface area contributed by atoms with E-state index in [9.17, 15) is 18.0 Å². The first-order chi connectivity index (χ1) is 7.73. The first kappa shape index (κ1) is 14.2. The van der Waals surface area contributed by atoms with E-state index < -0.39 is 30.7 Å². The molecular weight excluding hydrogens is 239 g/mol. The first-order valence-electron chi connectivity index (χ1n) is 5.35. The van der Waals surface area contributed by atoms with Gasteiger partial charge < -0.3 is 14.7 Å². The number of carbonyl (C=O) groups is 1. The summed E-state index contributed by atoms with van der Waals surface area (Å²) in [5.41, 5.74) is 0. The molecule has 17 heavy (non-hydrogen) atoms.